The van der Waals surface area contributed by atoms with Crippen molar-refractivity contribution in [3.63, 3.8) is 0 Å². The summed E-state index contributed by atoms with van der Waals surface area (Å²) in [4.78, 5) is 17.4. The molecule has 4 atom stereocenters. The molecule has 0 spiro atoms. The van der Waals surface area contributed by atoms with Crippen LogP contribution in [0.1, 0.15) is 62.2 Å². The number of carbonyl (C=O) groups excluding carboxylic acids is 1. The van der Waals surface area contributed by atoms with Gasteiger partial charge in [-0.1, -0.05) is 0 Å². The average molecular weight is 668 g/mol. The molecule has 3 aromatic rings. The minimum atomic E-state index is -4.85. The van der Waals surface area contributed by atoms with E-state index in [2.05, 4.69) is 15.0 Å². The first kappa shape index (κ1) is 35.1. The molecule has 0 fully saturated rings. The molecule has 1 aromatic heterocycles. The molecule has 2 aromatic carbocycles. The van der Waals surface area contributed by atoms with Crippen LogP contribution in [-0.2, 0) is 16.5 Å². The summed E-state index contributed by atoms with van der Waals surface area (Å²) >= 11 is 0. The molecule has 4 unspecified atom stereocenters. The Hall–Kier alpha value is -3.75. The van der Waals surface area contributed by atoms with Gasteiger partial charge in [-0.2, -0.15) is 13.2 Å². The van der Waals surface area contributed by atoms with E-state index in [9.17, 15) is 31.7 Å². The van der Waals surface area contributed by atoms with Gasteiger partial charge in [-0.3, -0.25) is 4.79 Å². The number of aliphatic hydroxyl groups is 1. The second kappa shape index (κ2) is 13.5. The minimum absolute atomic E-state index is 0.0190. The zero-order valence-electron chi connectivity index (χ0n) is 26.3. The van der Waals surface area contributed by atoms with Crippen LogP contribution >= 0.6 is 0 Å². The molecule has 46 heavy (non-hydrogen) atoms. The van der Waals surface area contributed by atoms with Crippen LogP contribution in [0.5, 0.6) is 17.2 Å². The normalized spacial score (nSPS) is 18.2. The van der Waals surface area contributed by atoms with Crippen LogP contribution in [0.3, 0.4) is 0 Å². The molecular formula is C32H37F4N3O6S. The van der Waals surface area contributed by atoms with Gasteiger partial charge < -0.3 is 24.6 Å². The fourth-order valence-electron chi connectivity index (χ4n) is 4.67. The summed E-state index contributed by atoms with van der Waals surface area (Å²) in [6.07, 6.45) is -5.40. The Morgan fingerprint density at radius 3 is 2.39 bits per heavy atom. The summed E-state index contributed by atoms with van der Waals surface area (Å²) < 4.78 is 90.0. The van der Waals surface area contributed by atoms with Gasteiger partial charge in [0.15, 0.2) is 17.2 Å². The van der Waals surface area contributed by atoms with E-state index in [1.165, 1.54) is 43.5 Å². The summed E-state index contributed by atoms with van der Waals surface area (Å²) in [5.74, 6) is -3.01. The topological polar surface area (TPSA) is 119 Å². The summed E-state index contributed by atoms with van der Waals surface area (Å²) in [5, 5.41) is 11.6. The average Bonchev–Trinajstić information content (AvgIpc) is 3.31. The molecule has 2 heterocycles. The van der Waals surface area contributed by atoms with Crippen LogP contribution in [0.2, 0.25) is 0 Å². The molecule has 4 rings (SSSR count). The van der Waals surface area contributed by atoms with Crippen molar-refractivity contribution < 1.29 is 45.9 Å². The molecule has 0 saturated heterocycles. The third kappa shape index (κ3) is 7.78. The number of pyridine rings is 1. The van der Waals surface area contributed by atoms with Crippen molar-refractivity contribution in [1.82, 2.24) is 15.0 Å². The molecule has 0 radical (unpaired) electrons. The second-order valence-electron chi connectivity index (χ2n) is 12.2. The number of amides is 1. The van der Waals surface area contributed by atoms with Crippen molar-refractivity contribution in [2.45, 2.75) is 63.1 Å². The highest BCUT2D eigenvalue weighted by molar-refractivity contribution is 7.84. The Morgan fingerprint density at radius 2 is 1.80 bits per heavy atom. The molecule has 0 saturated carbocycles. The molecule has 1 aliphatic heterocycles. The molecule has 9 nitrogen and oxygen atoms in total. The van der Waals surface area contributed by atoms with E-state index in [0.717, 1.165) is 12.1 Å². The number of aliphatic hydroxyl groups excluding tert-OH is 1. The minimum Gasteiger partial charge on any atom is -0.493 e. The van der Waals surface area contributed by atoms with E-state index in [-0.39, 0.29) is 41.7 Å². The SMILES string of the molecule is COc1cc(C(=O)NCC(c2cc3c(c(-c4ccc(F)cc4)n2)OCC3(C)NS(=O)C(C)(C)C)C(F)(F)F)ccc1OC(C)CO. The predicted molar refractivity (Wildman–Crippen MR) is 165 cm³/mol. The van der Waals surface area contributed by atoms with Crippen LogP contribution < -0.4 is 24.2 Å². The zero-order chi connectivity index (χ0) is 34.0. The Kier molecular flexibility index (Phi) is 10.3. The van der Waals surface area contributed by atoms with Crippen LogP contribution in [0.25, 0.3) is 11.3 Å². The van der Waals surface area contributed by atoms with Crippen molar-refractivity contribution in [2.75, 3.05) is 26.9 Å². The first-order valence-electron chi connectivity index (χ1n) is 14.4. The lowest BCUT2D eigenvalue weighted by Crippen LogP contribution is -2.47. The van der Waals surface area contributed by atoms with Crippen molar-refractivity contribution in [2.24, 2.45) is 0 Å². The van der Waals surface area contributed by atoms with E-state index >= 15 is 0 Å². The monoisotopic (exact) mass is 667 g/mol. The summed E-state index contributed by atoms with van der Waals surface area (Å²) in [6, 6.07) is 10.5. The summed E-state index contributed by atoms with van der Waals surface area (Å²) in [5.41, 5.74) is -0.885. The van der Waals surface area contributed by atoms with Crippen LogP contribution in [0.15, 0.2) is 48.5 Å². The zero-order valence-corrected chi connectivity index (χ0v) is 27.1. The van der Waals surface area contributed by atoms with Gasteiger partial charge in [0.2, 0.25) is 0 Å². The number of fused-ring (bicyclic) bond motifs is 1. The molecule has 14 heteroatoms. The maximum absolute atomic E-state index is 14.7. The van der Waals surface area contributed by atoms with Crippen molar-refractivity contribution in [3.8, 4) is 28.5 Å². The van der Waals surface area contributed by atoms with Crippen LogP contribution in [0.4, 0.5) is 17.6 Å². The van der Waals surface area contributed by atoms with Gasteiger partial charge >= 0.3 is 6.18 Å². The fourth-order valence-corrected chi connectivity index (χ4v) is 5.56. The Balaban J connectivity index is 1.72. The number of benzene rings is 2. The quantitative estimate of drug-likeness (QED) is 0.235. The van der Waals surface area contributed by atoms with Gasteiger partial charge in [0, 0.05) is 23.2 Å². The highest BCUT2D eigenvalue weighted by Gasteiger charge is 2.46. The first-order chi connectivity index (χ1) is 21.5. The first-order valence-corrected chi connectivity index (χ1v) is 15.6. The van der Waals surface area contributed by atoms with Gasteiger partial charge in [-0.05, 0) is 83.1 Å². The molecule has 250 valence electrons. The number of methoxy groups -OCH3 is 1. The van der Waals surface area contributed by atoms with E-state index in [1.54, 1.807) is 34.6 Å². The lowest BCUT2D eigenvalue weighted by Gasteiger charge is -2.29. The number of ether oxygens (including phenoxy) is 3. The van der Waals surface area contributed by atoms with Gasteiger partial charge in [0.05, 0.1) is 40.7 Å². The number of rotatable bonds is 11. The van der Waals surface area contributed by atoms with E-state index in [1.807, 2.05) is 0 Å². The standard InChI is InChI=1S/C32H37F4N3O6S/c1-18(16-40)45-25-12-9-20(13-26(25)43-6)29(41)37-15-23(32(34,35)36)24-14-22-28(27(38-24)19-7-10-21(33)11-8-19)44-17-31(22,5)39-46(42)30(2,3)4/h7-14,18,23,39-40H,15-17H2,1-6H3,(H,37,41). The summed E-state index contributed by atoms with van der Waals surface area (Å²) in [7, 11) is -0.271. The number of aromatic nitrogens is 1. The molecule has 1 amide bonds. The molecule has 1 aliphatic rings. The van der Waals surface area contributed by atoms with Gasteiger partial charge in [-0.25, -0.2) is 18.3 Å². The molecular weight excluding hydrogens is 630 g/mol. The largest absolute Gasteiger partial charge is 0.493 e. The number of hydrogen-bond acceptors (Lipinski definition) is 7. The Labute approximate surface area is 267 Å². The highest BCUT2D eigenvalue weighted by atomic mass is 32.2. The molecule has 0 bridgehead atoms. The van der Waals surface area contributed by atoms with Crippen molar-refractivity contribution in [1.29, 1.82) is 0 Å². The Bertz CT molecular complexity index is 1600. The number of hydrogen-bond donors (Lipinski definition) is 3. The summed E-state index contributed by atoms with van der Waals surface area (Å²) in [6.45, 7) is 7.39. The number of nitrogens with one attached hydrogen (secondary N) is 2. The highest BCUT2D eigenvalue weighted by Crippen LogP contribution is 2.46. The smallest absolute Gasteiger partial charge is 0.398 e. The predicted octanol–water partition coefficient (Wildman–Crippen LogP) is 5.39. The van der Waals surface area contributed by atoms with Gasteiger partial charge in [0.1, 0.15) is 30.1 Å². The fraction of sp³-hybridized carbons (Fsp3) is 0.438. The van der Waals surface area contributed by atoms with E-state index in [0.29, 0.717) is 11.1 Å². The lowest BCUT2D eigenvalue weighted by molar-refractivity contribution is -0.149. The molecule has 3 N–H and O–H groups in total. The van der Waals surface area contributed by atoms with E-state index < -0.39 is 63.4 Å². The third-order valence-electron chi connectivity index (χ3n) is 7.31. The van der Waals surface area contributed by atoms with E-state index in [4.69, 9.17) is 14.2 Å². The van der Waals surface area contributed by atoms with Gasteiger partial charge in [-0.15, -0.1) is 0 Å². The maximum Gasteiger partial charge on any atom is 0.398 e. The number of nitrogens with zero attached hydrogens (tertiary/aromatic N) is 1. The number of halogens is 4. The van der Waals surface area contributed by atoms with Crippen molar-refractivity contribution in [3.05, 3.63) is 71.2 Å². The third-order valence-corrected chi connectivity index (χ3v) is 9.06. The molecule has 0 aliphatic carbocycles. The van der Waals surface area contributed by atoms with Crippen molar-refractivity contribution >= 4 is 16.9 Å². The van der Waals surface area contributed by atoms with Crippen LogP contribution in [-0.4, -0.2) is 64.1 Å². The lowest BCUT2D eigenvalue weighted by atomic mass is 9.91. The van der Waals surface area contributed by atoms with Gasteiger partial charge in [0.25, 0.3) is 5.91 Å². The Morgan fingerprint density at radius 1 is 1.13 bits per heavy atom. The second-order valence-corrected chi connectivity index (χ2v) is 14.1. The van der Waals surface area contributed by atoms with Crippen LogP contribution in [0, 0.1) is 5.82 Å². The number of alkyl halides is 3. The maximum atomic E-state index is 14.7. The number of carbonyl (C=O) groups is 1.